The number of carbonyl (C=O) groups is 1. The molecular formula is C13H15ClO3. The van der Waals surface area contributed by atoms with Gasteiger partial charge in [0.05, 0.1) is 19.8 Å². The van der Waals surface area contributed by atoms with Gasteiger partial charge in [-0.15, -0.1) is 11.6 Å². The summed E-state index contributed by atoms with van der Waals surface area (Å²) in [5, 5.41) is 0. The molecule has 0 saturated heterocycles. The molecule has 0 bridgehead atoms. The van der Waals surface area contributed by atoms with Crippen LogP contribution in [0, 0.1) is 0 Å². The van der Waals surface area contributed by atoms with Gasteiger partial charge in [-0.25, -0.2) is 4.79 Å². The number of hydrogen-bond acceptors (Lipinski definition) is 3. The first-order valence-electron chi connectivity index (χ1n) is 5.21. The summed E-state index contributed by atoms with van der Waals surface area (Å²) in [6.07, 6.45) is 4.68. The first-order chi connectivity index (χ1) is 8.22. The van der Waals surface area contributed by atoms with E-state index in [2.05, 4.69) is 4.74 Å². The molecule has 0 amide bonds. The van der Waals surface area contributed by atoms with Crippen LogP contribution in [0.4, 0.5) is 0 Å². The molecule has 1 aromatic carbocycles. The zero-order chi connectivity index (χ0) is 12.7. The summed E-state index contributed by atoms with van der Waals surface area (Å²) >= 11 is 5.58. The Morgan fingerprint density at radius 1 is 1.41 bits per heavy atom. The Morgan fingerprint density at radius 2 is 2.18 bits per heavy atom. The molecule has 4 heteroatoms. The van der Waals surface area contributed by atoms with Gasteiger partial charge >= 0.3 is 5.97 Å². The molecule has 0 spiro atoms. The van der Waals surface area contributed by atoms with Gasteiger partial charge < -0.3 is 9.47 Å². The van der Waals surface area contributed by atoms with E-state index >= 15 is 0 Å². The summed E-state index contributed by atoms with van der Waals surface area (Å²) in [5.41, 5.74) is 1.38. The molecule has 17 heavy (non-hydrogen) atoms. The minimum Gasteiger partial charge on any atom is -0.496 e. The van der Waals surface area contributed by atoms with Gasteiger partial charge in [-0.2, -0.15) is 0 Å². The number of carbonyl (C=O) groups excluding carboxylic acids is 1. The van der Waals surface area contributed by atoms with E-state index in [1.54, 1.807) is 19.2 Å². The molecule has 3 nitrogen and oxygen atoms in total. The Hall–Kier alpha value is -1.48. The first kappa shape index (κ1) is 13.6. The maximum Gasteiger partial charge on any atom is 0.337 e. The van der Waals surface area contributed by atoms with Crippen LogP contribution in [-0.4, -0.2) is 26.1 Å². The highest BCUT2D eigenvalue weighted by molar-refractivity contribution is 6.17. The number of benzene rings is 1. The summed E-state index contributed by atoms with van der Waals surface area (Å²) in [7, 11) is 2.92. The van der Waals surface area contributed by atoms with Gasteiger partial charge in [-0.05, 0) is 18.6 Å². The number of esters is 1. The van der Waals surface area contributed by atoms with Crippen molar-refractivity contribution in [2.24, 2.45) is 0 Å². The van der Waals surface area contributed by atoms with Crippen molar-refractivity contribution in [3.63, 3.8) is 0 Å². The largest absolute Gasteiger partial charge is 0.496 e. The van der Waals surface area contributed by atoms with Crippen LogP contribution < -0.4 is 4.74 Å². The van der Waals surface area contributed by atoms with Crippen LogP contribution in [0.3, 0.4) is 0 Å². The molecule has 0 saturated carbocycles. The zero-order valence-electron chi connectivity index (χ0n) is 9.90. The first-order valence-corrected chi connectivity index (χ1v) is 5.75. The Labute approximate surface area is 106 Å². The molecule has 0 atom stereocenters. The van der Waals surface area contributed by atoms with Crippen molar-refractivity contribution in [2.45, 2.75) is 6.42 Å². The molecule has 0 aliphatic heterocycles. The normalized spacial score (nSPS) is 10.5. The monoisotopic (exact) mass is 254 g/mol. The number of halogens is 1. The topological polar surface area (TPSA) is 35.5 Å². The molecule has 1 aromatic rings. The van der Waals surface area contributed by atoms with Crippen molar-refractivity contribution in [3.8, 4) is 5.75 Å². The van der Waals surface area contributed by atoms with E-state index in [-0.39, 0.29) is 5.97 Å². The third kappa shape index (κ3) is 3.79. The molecule has 0 radical (unpaired) electrons. The minimum absolute atomic E-state index is 0.375. The number of ether oxygens (including phenoxy) is 2. The van der Waals surface area contributed by atoms with Crippen molar-refractivity contribution in [1.82, 2.24) is 0 Å². The van der Waals surface area contributed by atoms with Gasteiger partial charge in [0, 0.05) is 11.4 Å². The predicted octanol–water partition coefficient (Wildman–Crippen LogP) is 3.12. The summed E-state index contributed by atoms with van der Waals surface area (Å²) in [4.78, 5) is 11.3. The lowest BCUT2D eigenvalue weighted by Gasteiger charge is -2.06. The van der Waals surface area contributed by atoms with Crippen LogP contribution in [0.5, 0.6) is 5.75 Å². The summed E-state index contributed by atoms with van der Waals surface area (Å²) in [5.74, 6) is 0.845. The lowest BCUT2D eigenvalue weighted by molar-refractivity contribution is 0.0600. The van der Waals surface area contributed by atoms with Crippen LogP contribution >= 0.6 is 11.6 Å². The number of hydrogen-bond donors (Lipinski definition) is 0. The predicted molar refractivity (Wildman–Crippen MR) is 68.7 cm³/mol. The van der Waals surface area contributed by atoms with Gasteiger partial charge in [0.1, 0.15) is 5.75 Å². The fourth-order valence-corrected chi connectivity index (χ4v) is 1.49. The van der Waals surface area contributed by atoms with Crippen molar-refractivity contribution in [2.75, 3.05) is 20.1 Å². The highest BCUT2D eigenvalue weighted by atomic mass is 35.5. The quantitative estimate of drug-likeness (QED) is 0.598. The average Bonchev–Trinajstić information content (AvgIpc) is 2.38. The van der Waals surface area contributed by atoms with Gasteiger partial charge in [0.15, 0.2) is 0 Å². The number of alkyl halides is 1. The van der Waals surface area contributed by atoms with E-state index < -0.39 is 0 Å². The molecule has 0 fully saturated rings. The van der Waals surface area contributed by atoms with Crippen molar-refractivity contribution >= 4 is 23.6 Å². The van der Waals surface area contributed by atoms with Crippen LogP contribution in [0.15, 0.2) is 24.3 Å². The van der Waals surface area contributed by atoms with E-state index in [9.17, 15) is 4.79 Å². The summed E-state index contributed by atoms with van der Waals surface area (Å²) < 4.78 is 9.86. The molecule has 0 unspecified atom stereocenters. The maximum absolute atomic E-state index is 11.3. The smallest absolute Gasteiger partial charge is 0.337 e. The highest BCUT2D eigenvalue weighted by Crippen LogP contribution is 2.22. The Morgan fingerprint density at radius 3 is 2.76 bits per heavy atom. The van der Waals surface area contributed by atoms with Gasteiger partial charge in [0.25, 0.3) is 0 Å². The lowest BCUT2D eigenvalue weighted by atomic mass is 10.1. The standard InChI is InChI=1S/C13H15ClO3/c1-16-12-9-11(13(15)17-2)7-6-10(12)5-3-4-8-14/h3,5-7,9H,4,8H2,1-2H3. The van der Waals surface area contributed by atoms with Gasteiger partial charge in [-0.1, -0.05) is 18.2 Å². The van der Waals surface area contributed by atoms with E-state index in [0.717, 1.165) is 12.0 Å². The molecule has 1 rings (SSSR count). The SMILES string of the molecule is COC(=O)c1ccc(C=CCCCl)c(OC)c1. The third-order valence-electron chi connectivity index (χ3n) is 2.23. The second-order valence-electron chi connectivity index (χ2n) is 3.33. The Balaban J connectivity index is 2.97. The number of allylic oxidation sites excluding steroid dienone is 1. The highest BCUT2D eigenvalue weighted by Gasteiger charge is 2.08. The number of rotatable bonds is 5. The van der Waals surface area contributed by atoms with Crippen molar-refractivity contribution in [1.29, 1.82) is 0 Å². The molecular weight excluding hydrogens is 240 g/mol. The van der Waals surface area contributed by atoms with E-state index in [0.29, 0.717) is 17.2 Å². The van der Waals surface area contributed by atoms with E-state index in [1.807, 2.05) is 18.2 Å². The van der Waals surface area contributed by atoms with Crippen molar-refractivity contribution in [3.05, 3.63) is 35.4 Å². The lowest BCUT2D eigenvalue weighted by Crippen LogP contribution is -2.01. The second-order valence-corrected chi connectivity index (χ2v) is 3.71. The molecule has 0 N–H and O–H groups in total. The average molecular weight is 255 g/mol. The van der Waals surface area contributed by atoms with E-state index in [1.165, 1.54) is 7.11 Å². The molecule has 0 aromatic heterocycles. The Kier molecular flexibility index (Phi) is 5.57. The summed E-state index contributed by atoms with van der Waals surface area (Å²) in [6.45, 7) is 0. The molecule has 0 heterocycles. The second kappa shape index (κ2) is 6.97. The fourth-order valence-electron chi connectivity index (χ4n) is 1.37. The van der Waals surface area contributed by atoms with Gasteiger partial charge in [0.2, 0.25) is 0 Å². The third-order valence-corrected chi connectivity index (χ3v) is 2.45. The molecule has 0 aliphatic carbocycles. The van der Waals surface area contributed by atoms with Crippen LogP contribution in [0.2, 0.25) is 0 Å². The summed E-state index contributed by atoms with van der Waals surface area (Å²) in [6, 6.07) is 5.18. The van der Waals surface area contributed by atoms with Crippen LogP contribution in [0.25, 0.3) is 6.08 Å². The fraction of sp³-hybridized carbons (Fsp3) is 0.308. The minimum atomic E-state index is -0.375. The number of methoxy groups -OCH3 is 2. The van der Waals surface area contributed by atoms with E-state index in [4.69, 9.17) is 16.3 Å². The maximum atomic E-state index is 11.3. The van der Waals surface area contributed by atoms with Gasteiger partial charge in [-0.3, -0.25) is 0 Å². The molecule has 92 valence electrons. The van der Waals surface area contributed by atoms with Crippen LogP contribution in [0.1, 0.15) is 22.3 Å². The molecule has 0 aliphatic rings. The zero-order valence-corrected chi connectivity index (χ0v) is 10.7. The Bertz CT molecular complexity index is 413. The van der Waals surface area contributed by atoms with Crippen molar-refractivity contribution < 1.29 is 14.3 Å². The van der Waals surface area contributed by atoms with Crippen LogP contribution in [-0.2, 0) is 4.74 Å².